The Labute approximate surface area is 119 Å². The number of rotatable bonds is 4. The van der Waals surface area contributed by atoms with Gasteiger partial charge < -0.3 is 10.6 Å². The number of nitrogen functional groups attached to an aromatic ring is 1. The number of halogens is 1. The Morgan fingerprint density at radius 2 is 1.90 bits per heavy atom. The quantitative estimate of drug-likeness (QED) is 0.863. The molecule has 0 aliphatic carbocycles. The van der Waals surface area contributed by atoms with Crippen LogP contribution in [0, 0.1) is 5.82 Å². The van der Waals surface area contributed by atoms with Crippen molar-refractivity contribution >= 4 is 11.4 Å². The molecule has 3 rings (SSSR count). The maximum Gasteiger partial charge on any atom is 0.125 e. The third kappa shape index (κ3) is 2.77. The summed E-state index contributed by atoms with van der Waals surface area (Å²) in [6.45, 7) is 1.97. The zero-order valence-corrected chi connectivity index (χ0v) is 11.5. The SMILES string of the molecule is Nc1ccc(CCCN2CCc3ccc(F)cc32)cc1. The summed E-state index contributed by atoms with van der Waals surface area (Å²) >= 11 is 0. The maximum atomic E-state index is 13.3. The number of anilines is 2. The summed E-state index contributed by atoms with van der Waals surface area (Å²) in [7, 11) is 0. The predicted octanol–water partition coefficient (Wildman–Crippen LogP) is 3.40. The summed E-state index contributed by atoms with van der Waals surface area (Å²) in [6, 6.07) is 13.2. The largest absolute Gasteiger partial charge is 0.399 e. The van der Waals surface area contributed by atoms with Gasteiger partial charge in [-0.2, -0.15) is 0 Å². The first-order chi connectivity index (χ1) is 9.72. The summed E-state index contributed by atoms with van der Waals surface area (Å²) in [4.78, 5) is 2.29. The van der Waals surface area contributed by atoms with Gasteiger partial charge in [0.05, 0.1) is 0 Å². The lowest BCUT2D eigenvalue weighted by molar-refractivity contribution is 0.627. The van der Waals surface area contributed by atoms with Crippen LogP contribution < -0.4 is 10.6 Å². The molecule has 0 saturated carbocycles. The van der Waals surface area contributed by atoms with E-state index in [9.17, 15) is 4.39 Å². The van der Waals surface area contributed by atoms with Crippen LogP contribution in [0.3, 0.4) is 0 Å². The Kier molecular flexibility index (Phi) is 3.59. The Bertz CT molecular complexity index is 592. The first-order valence-electron chi connectivity index (χ1n) is 7.10. The molecule has 1 aliphatic rings. The van der Waals surface area contributed by atoms with Crippen molar-refractivity contribution in [3.05, 3.63) is 59.4 Å². The summed E-state index contributed by atoms with van der Waals surface area (Å²) in [5.74, 6) is -0.144. The number of hydrogen-bond acceptors (Lipinski definition) is 2. The van der Waals surface area contributed by atoms with E-state index < -0.39 is 0 Å². The molecule has 0 spiro atoms. The second kappa shape index (κ2) is 5.53. The van der Waals surface area contributed by atoms with Crippen LogP contribution in [0.1, 0.15) is 17.5 Å². The van der Waals surface area contributed by atoms with Gasteiger partial charge in [-0.1, -0.05) is 18.2 Å². The van der Waals surface area contributed by atoms with Crippen LogP contribution in [0.4, 0.5) is 15.8 Å². The third-order valence-corrected chi connectivity index (χ3v) is 3.91. The first kappa shape index (κ1) is 13.0. The Morgan fingerprint density at radius 1 is 1.10 bits per heavy atom. The predicted molar refractivity (Wildman–Crippen MR) is 81.5 cm³/mol. The molecule has 20 heavy (non-hydrogen) atoms. The van der Waals surface area contributed by atoms with Crippen LogP contribution in [0.2, 0.25) is 0 Å². The summed E-state index contributed by atoms with van der Waals surface area (Å²) in [6.07, 6.45) is 3.12. The van der Waals surface area contributed by atoms with Crippen molar-refractivity contribution in [1.82, 2.24) is 0 Å². The highest BCUT2D eigenvalue weighted by molar-refractivity contribution is 5.58. The summed E-state index contributed by atoms with van der Waals surface area (Å²) in [5, 5.41) is 0. The first-order valence-corrected chi connectivity index (χ1v) is 7.10. The normalized spacial score (nSPS) is 13.6. The van der Waals surface area contributed by atoms with Crippen LogP contribution in [-0.2, 0) is 12.8 Å². The van der Waals surface area contributed by atoms with E-state index in [0.717, 1.165) is 43.7 Å². The van der Waals surface area contributed by atoms with Crippen molar-refractivity contribution in [2.24, 2.45) is 0 Å². The smallest absolute Gasteiger partial charge is 0.125 e. The number of hydrogen-bond donors (Lipinski definition) is 1. The van der Waals surface area contributed by atoms with Gasteiger partial charge in [0, 0.05) is 24.5 Å². The van der Waals surface area contributed by atoms with Gasteiger partial charge >= 0.3 is 0 Å². The molecule has 2 aromatic carbocycles. The van der Waals surface area contributed by atoms with Gasteiger partial charge in [0.25, 0.3) is 0 Å². The standard InChI is InChI=1S/C17H19FN2/c18-15-6-5-14-9-11-20(17(14)12-15)10-1-2-13-3-7-16(19)8-4-13/h3-8,12H,1-2,9-11,19H2. The van der Waals surface area contributed by atoms with Crippen molar-refractivity contribution < 1.29 is 4.39 Å². The lowest BCUT2D eigenvalue weighted by atomic mass is 10.1. The molecule has 2 N–H and O–H groups in total. The highest BCUT2D eigenvalue weighted by atomic mass is 19.1. The molecular weight excluding hydrogens is 251 g/mol. The van der Waals surface area contributed by atoms with Crippen LogP contribution >= 0.6 is 0 Å². The molecule has 0 fully saturated rings. The minimum atomic E-state index is -0.144. The van der Waals surface area contributed by atoms with Crippen LogP contribution in [0.25, 0.3) is 0 Å². The van der Waals surface area contributed by atoms with Crippen LogP contribution in [-0.4, -0.2) is 13.1 Å². The Morgan fingerprint density at radius 3 is 2.70 bits per heavy atom. The Hall–Kier alpha value is -2.03. The van der Waals surface area contributed by atoms with E-state index >= 15 is 0 Å². The fourth-order valence-corrected chi connectivity index (χ4v) is 2.81. The molecule has 104 valence electrons. The van der Waals surface area contributed by atoms with E-state index in [1.54, 1.807) is 12.1 Å². The number of aryl methyl sites for hydroxylation is 1. The number of fused-ring (bicyclic) bond motifs is 1. The van der Waals surface area contributed by atoms with Gasteiger partial charge in [0.2, 0.25) is 0 Å². The lowest BCUT2D eigenvalue weighted by Gasteiger charge is -2.19. The Balaban J connectivity index is 1.58. The fraction of sp³-hybridized carbons (Fsp3) is 0.294. The molecule has 3 heteroatoms. The minimum Gasteiger partial charge on any atom is -0.399 e. The highest BCUT2D eigenvalue weighted by Crippen LogP contribution is 2.28. The van der Waals surface area contributed by atoms with Gasteiger partial charge in [-0.3, -0.25) is 0 Å². The molecule has 2 nitrogen and oxygen atoms in total. The molecule has 1 heterocycles. The van der Waals surface area contributed by atoms with Crippen LogP contribution in [0.15, 0.2) is 42.5 Å². The molecule has 0 unspecified atom stereocenters. The molecule has 0 aromatic heterocycles. The average molecular weight is 270 g/mol. The zero-order chi connectivity index (χ0) is 13.9. The van der Waals surface area contributed by atoms with Crippen molar-refractivity contribution in [2.45, 2.75) is 19.3 Å². The second-order valence-electron chi connectivity index (χ2n) is 5.36. The molecule has 0 atom stereocenters. The van der Waals surface area contributed by atoms with Crippen molar-refractivity contribution in [1.29, 1.82) is 0 Å². The molecule has 1 aliphatic heterocycles. The summed E-state index contributed by atoms with van der Waals surface area (Å²) < 4.78 is 13.3. The van der Waals surface area contributed by atoms with E-state index in [1.165, 1.54) is 11.1 Å². The second-order valence-corrected chi connectivity index (χ2v) is 5.36. The van der Waals surface area contributed by atoms with Gasteiger partial charge in [-0.05, 0) is 54.7 Å². The van der Waals surface area contributed by atoms with E-state index in [4.69, 9.17) is 5.73 Å². The number of nitrogens with two attached hydrogens (primary N) is 1. The molecule has 0 radical (unpaired) electrons. The summed E-state index contributed by atoms with van der Waals surface area (Å²) in [5.41, 5.74) is 10.1. The van der Waals surface area contributed by atoms with Gasteiger partial charge in [-0.25, -0.2) is 4.39 Å². The fourth-order valence-electron chi connectivity index (χ4n) is 2.81. The van der Waals surface area contributed by atoms with Gasteiger partial charge in [0.15, 0.2) is 0 Å². The van der Waals surface area contributed by atoms with Crippen molar-refractivity contribution in [3.63, 3.8) is 0 Å². The molecule has 0 amide bonds. The zero-order valence-electron chi connectivity index (χ0n) is 11.5. The highest BCUT2D eigenvalue weighted by Gasteiger charge is 2.18. The lowest BCUT2D eigenvalue weighted by Crippen LogP contribution is -2.22. The van der Waals surface area contributed by atoms with E-state index in [0.29, 0.717) is 0 Å². The number of benzene rings is 2. The third-order valence-electron chi connectivity index (χ3n) is 3.91. The van der Waals surface area contributed by atoms with E-state index in [1.807, 2.05) is 18.2 Å². The maximum absolute atomic E-state index is 13.3. The molecule has 0 saturated heterocycles. The van der Waals surface area contributed by atoms with Gasteiger partial charge in [-0.15, -0.1) is 0 Å². The molecule has 0 bridgehead atoms. The monoisotopic (exact) mass is 270 g/mol. The minimum absolute atomic E-state index is 0.144. The molecular formula is C17H19FN2. The average Bonchev–Trinajstić information content (AvgIpc) is 2.84. The molecule has 2 aromatic rings. The van der Waals surface area contributed by atoms with Crippen molar-refractivity contribution in [3.8, 4) is 0 Å². The van der Waals surface area contributed by atoms with Gasteiger partial charge in [0.1, 0.15) is 5.82 Å². The van der Waals surface area contributed by atoms with E-state index in [-0.39, 0.29) is 5.82 Å². The van der Waals surface area contributed by atoms with E-state index in [2.05, 4.69) is 17.0 Å². The topological polar surface area (TPSA) is 29.3 Å². The van der Waals surface area contributed by atoms with Crippen molar-refractivity contribution in [2.75, 3.05) is 23.7 Å². The number of nitrogens with zero attached hydrogens (tertiary/aromatic N) is 1. The van der Waals surface area contributed by atoms with Crippen LogP contribution in [0.5, 0.6) is 0 Å².